The van der Waals surface area contributed by atoms with Gasteiger partial charge in [0.05, 0.1) is 26.0 Å². The minimum atomic E-state index is -0.588. The SMILES string of the molecule is COc1ccc(OC)c(-c2cc(C(=O)NCC[C@H](O)c3ccsc3)n(C)n2)c1. The molecule has 1 aromatic carbocycles. The average molecular weight is 401 g/mol. The average Bonchev–Trinajstić information content (AvgIpc) is 3.37. The third kappa shape index (κ3) is 4.35. The van der Waals surface area contributed by atoms with E-state index in [1.165, 1.54) is 16.0 Å². The largest absolute Gasteiger partial charge is 0.497 e. The number of benzene rings is 1. The molecule has 2 N–H and O–H groups in total. The molecule has 0 fully saturated rings. The molecule has 0 saturated heterocycles. The molecular formula is C20H23N3O4S. The zero-order valence-electron chi connectivity index (χ0n) is 16.0. The van der Waals surface area contributed by atoms with Gasteiger partial charge in [0.1, 0.15) is 17.2 Å². The second-order valence-corrected chi connectivity index (χ2v) is 7.00. The second kappa shape index (κ2) is 8.90. The minimum absolute atomic E-state index is 0.249. The third-order valence-corrected chi connectivity index (χ3v) is 5.13. The van der Waals surface area contributed by atoms with Crippen LogP contribution in [-0.4, -0.2) is 41.6 Å². The Labute approximate surface area is 167 Å². The molecule has 1 atom stereocenters. The molecule has 148 valence electrons. The predicted molar refractivity (Wildman–Crippen MR) is 108 cm³/mol. The van der Waals surface area contributed by atoms with Gasteiger partial charge in [0.2, 0.25) is 0 Å². The molecule has 0 spiro atoms. The number of carbonyl (C=O) groups excluding carboxylic acids is 1. The summed E-state index contributed by atoms with van der Waals surface area (Å²) in [5, 5.41) is 21.2. The van der Waals surface area contributed by atoms with Crippen LogP contribution < -0.4 is 14.8 Å². The number of aromatic nitrogens is 2. The number of amides is 1. The van der Waals surface area contributed by atoms with Crippen LogP contribution >= 0.6 is 11.3 Å². The van der Waals surface area contributed by atoms with E-state index >= 15 is 0 Å². The van der Waals surface area contributed by atoms with Gasteiger partial charge in [0.25, 0.3) is 5.91 Å². The lowest BCUT2D eigenvalue weighted by molar-refractivity contribution is 0.0933. The van der Waals surface area contributed by atoms with E-state index in [9.17, 15) is 9.90 Å². The summed E-state index contributed by atoms with van der Waals surface area (Å²) in [5.74, 6) is 1.07. The number of thiophene rings is 1. The van der Waals surface area contributed by atoms with Crippen LogP contribution in [-0.2, 0) is 7.05 Å². The fourth-order valence-corrected chi connectivity index (χ4v) is 3.58. The number of hydrogen-bond donors (Lipinski definition) is 2. The number of nitrogens with zero attached hydrogens (tertiary/aromatic N) is 2. The monoisotopic (exact) mass is 401 g/mol. The summed E-state index contributed by atoms with van der Waals surface area (Å²) < 4.78 is 12.2. The van der Waals surface area contributed by atoms with E-state index in [0.29, 0.717) is 35.9 Å². The highest BCUT2D eigenvalue weighted by atomic mass is 32.1. The lowest BCUT2D eigenvalue weighted by atomic mass is 10.1. The van der Waals surface area contributed by atoms with Gasteiger partial charge in [-0.2, -0.15) is 16.4 Å². The Bertz CT molecular complexity index is 937. The lowest BCUT2D eigenvalue weighted by Gasteiger charge is -2.09. The first-order valence-corrected chi connectivity index (χ1v) is 9.72. The number of methoxy groups -OCH3 is 2. The molecule has 2 heterocycles. The molecule has 3 rings (SSSR count). The van der Waals surface area contributed by atoms with Crippen LogP contribution in [0.4, 0.5) is 0 Å². The van der Waals surface area contributed by atoms with Gasteiger partial charge in [0, 0.05) is 19.2 Å². The number of aryl methyl sites for hydroxylation is 1. The maximum absolute atomic E-state index is 12.5. The van der Waals surface area contributed by atoms with Crippen molar-refractivity contribution in [2.45, 2.75) is 12.5 Å². The highest BCUT2D eigenvalue weighted by Gasteiger charge is 2.17. The summed E-state index contributed by atoms with van der Waals surface area (Å²) in [6, 6.07) is 9.01. The Balaban J connectivity index is 1.71. The number of nitrogens with one attached hydrogen (secondary N) is 1. The van der Waals surface area contributed by atoms with Crippen molar-refractivity contribution < 1.29 is 19.4 Å². The summed E-state index contributed by atoms with van der Waals surface area (Å²) in [7, 11) is 4.89. The van der Waals surface area contributed by atoms with Gasteiger partial charge in [-0.25, -0.2) is 0 Å². The second-order valence-electron chi connectivity index (χ2n) is 6.22. The number of aliphatic hydroxyl groups is 1. The normalized spacial score (nSPS) is 11.9. The van der Waals surface area contributed by atoms with Gasteiger partial charge in [-0.1, -0.05) is 0 Å². The van der Waals surface area contributed by atoms with Crippen molar-refractivity contribution in [3.63, 3.8) is 0 Å². The van der Waals surface area contributed by atoms with E-state index in [1.54, 1.807) is 39.5 Å². The fraction of sp³-hybridized carbons (Fsp3) is 0.300. The summed E-state index contributed by atoms with van der Waals surface area (Å²) in [5.41, 5.74) is 2.64. The van der Waals surface area contributed by atoms with E-state index in [-0.39, 0.29) is 5.91 Å². The summed E-state index contributed by atoms with van der Waals surface area (Å²) in [6.07, 6.45) is -0.147. The van der Waals surface area contributed by atoms with Crippen LogP contribution in [0, 0.1) is 0 Å². The first kappa shape index (κ1) is 19.9. The molecule has 0 aliphatic heterocycles. The van der Waals surface area contributed by atoms with Crippen molar-refractivity contribution in [2.75, 3.05) is 20.8 Å². The fourth-order valence-electron chi connectivity index (χ4n) is 2.87. The molecule has 2 aromatic heterocycles. The lowest BCUT2D eigenvalue weighted by Crippen LogP contribution is -2.27. The van der Waals surface area contributed by atoms with Crippen LogP contribution in [0.15, 0.2) is 41.1 Å². The number of aliphatic hydroxyl groups excluding tert-OH is 1. The van der Waals surface area contributed by atoms with E-state index in [1.807, 2.05) is 22.9 Å². The molecule has 7 nitrogen and oxygen atoms in total. The Morgan fingerprint density at radius 3 is 2.79 bits per heavy atom. The number of rotatable bonds is 8. The number of hydrogen-bond acceptors (Lipinski definition) is 6. The molecule has 1 amide bonds. The molecule has 8 heteroatoms. The van der Waals surface area contributed by atoms with Crippen LogP contribution in [0.3, 0.4) is 0 Å². The third-order valence-electron chi connectivity index (χ3n) is 4.43. The van der Waals surface area contributed by atoms with E-state index in [0.717, 1.165) is 11.1 Å². The van der Waals surface area contributed by atoms with E-state index in [4.69, 9.17) is 9.47 Å². The molecule has 0 saturated carbocycles. The number of carbonyl (C=O) groups is 1. The Morgan fingerprint density at radius 1 is 1.29 bits per heavy atom. The first-order chi connectivity index (χ1) is 13.5. The standard InChI is InChI=1S/C20H23N3O4S/c1-23-17(20(25)21-8-6-18(24)13-7-9-28-12-13)11-16(22-23)15-10-14(26-2)4-5-19(15)27-3/h4-5,7,9-12,18,24H,6,8H2,1-3H3,(H,21,25)/t18-/m0/s1. The summed E-state index contributed by atoms with van der Waals surface area (Å²) in [4.78, 5) is 12.5. The molecule has 0 aliphatic carbocycles. The van der Waals surface area contributed by atoms with Crippen molar-refractivity contribution >= 4 is 17.2 Å². The van der Waals surface area contributed by atoms with Gasteiger partial charge in [-0.05, 0) is 53.1 Å². The van der Waals surface area contributed by atoms with Gasteiger partial charge < -0.3 is 19.9 Å². The van der Waals surface area contributed by atoms with E-state index in [2.05, 4.69) is 10.4 Å². The molecule has 0 unspecified atom stereocenters. The van der Waals surface area contributed by atoms with Gasteiger partial charge in [0.15, 0.2) is 0 Å². The molecular weight excluding hydrogens is 378 g/mol. The summed E-state index contributed by atoms with van der Waals surface area (Å²) in [6.45, 7) is 0.360. The van der Waals surface area contributed by atoms with Crippen molar-refractivity contribution in [1.82, 2.24) is 15.1 Å². The smallest absolute Gasteiger partial charge is 0.269 e. The van der Waals surface area contributed by atoms with Crippen molar-refractivity contribution in [2.24, 2.45) is 7.05 Å². The highest BCUT2D eigenvalue weighted by Crippen LogP contribution is 2.32. The van der Waals surface area contributed by atoms with E-state index < -0.39 is 6.10 Å². The maximum atomic E-state index is 12.5. The Morgan fingerprint density at radius 2 is 2.11 bits per heavy atom. The molecule has 0 bridgehead atoms. The molecule has 3 aromatic rings. The number of ether oxygens (including phenoxy) is 2. The Hall–Kier alpha value is -2.84. The van der Waals surface area contributed by atoms with Gasteiger partial charge in [-0.15, -0.1) is 0 Å². The molecule has 0 aliphatic rings. The van der Waals surface area contributed by atoms with Crippen molar-refractivity contribution in [3.8, 4) is 22.8 Å². The highest BCUT2D eigenvalue weighted by molar-refractivity contribution is 7.07. The quantitative estimate of drug-likeness (QED) is 0.606. The topological polar surface area (TPSA) is 85.6 Å². The van der Waals surface area contributed by atoms with Crippen LogP contribution in [0.25, 0.3) is 11.3 Å². The minimum Gasteiger partial charge on any atom is -0.497 e. The zero-order valence-corrected chi connectivity index (χ0v) is 16.8. The van der Waals surface area contributed by atoms with Crippen molar-refractivity contribution in [1.29, 1.82) is 0 Å². The Kier molecular flexibility index (Phi) is 6.33. The molecule has 0 radical (unpaired) electrons. The first-order valence-electron chi connectivity index (χ1n) is 8.78. The van der Waals surface area contributed by atoms with Crippen molar-refractivity contribution in [3.05, 3.63) is 52.3 Å². The van der Waals surface area contributed by atoms with Crippen LogP contribution in [0.2, 0.25) is 0 Å². The zero-order chi connectivity index (χ0) is 20.1. The summed E-state index contributed by atoms with van der Waals surface area (Å²) >= 11 is 1.53. The maximum Gasteiger partial charge on any atom is 0.269 e. The van der Waals surface area contributed by atoms with Gasteiger partial charge in [-0.3, -0.25) is 9.48 Å². The van der Waals surface area contributed by atoms with Crippen LogP contribution in [0.1, 0.15) is 28.6 Å². The van der Waals surface area contributed by atoms with Crippen LogP contribution in [0.5, 0.6) is 11.5 Å². The molecule has 28 heavy (non-hydrogen) atoms. The predicted octanol–water partition coefficient (Wildman–Crippen LogP) is 3.02. The van der Waals surface area contributed by atoms with Gasteiger partial charge >= 0.3 is 0 Å².